The summed E-state index contributed by atoms with van der Waals surface area (Å²) in [7, 11) is 1.99. The molecule has 0 saturated carbocycles. The molecule has 4 amide bonds. The first-order valence-corrected chi connectivity index (χ1v) is 19.9. The number of hydrogen-bond donors (Lipinski definition) is 4. The van der Waals surface area contributed by atoms with Gasteiger partial charge in [-0.15, -0.1) is 0 Å². The number of nitrogens with one attached hydrogen (secondary N) is 3. The predicted molar refractivity (Wildman–Crippen MR) is 220 cm³/mol. The van der Waals surface area contributed by atoms with Gasteiger partial charge in [0, 0.05) is 50.2 Å². The normalized spacial score (nSPS) is 16.3. The van der Waals surface area contributed by atoms with Gasteiger partial charge >= 0.3 is 0 Å². The van der Waals surface area contributed by atoms with Gasteiger partial charge in [0.15, 0.2) is 0 Å². The summed E-state index contributed by atoms with van der Waals surface area (Å²) in [6.07, 6.45) is 15.0. The van der Waals surface area contributed by atoms with Crippen LogP contribution in [0.5, 0.6) is 0 Å². The molecule has 11 heteroatoms. The van der Waals surface area contributed by atoms with Crippen molar-refractivity contribution in [1.82, 2.24) is 25.8 Å². The van der Waals surface area contributed by atoms with E-state index in [9.17, 15) is 19.2 Å². The Morgan fingerprint density at radius 3 is 2.13 bits per heavy atom. The number of fused-ring (bicyclic) bond motifs is 1. The number of likely N-dealkylation sites (N-methyl/N-ethyl adjacent to an activating group) is 1. The Morgan fingerprint density at radius 1 is 1.00 bits per heavy atom. The van der Waals surface area contributed by atoms with Gasteiger partial charge < -0.3 is 30.9 Å². The van der Waals surface area contributed by atoms with Crippen LogP contribution in [0.1, 0.15) is 137 Å². The molecule has 0 radical (unpaired) electrons. The number of carboxylic acids is 1. The van der Waals surface area contributed by atoms with E-state index < -0.39 is 5.97 Å². The predicted octanol–water partition coefficient (Wildman–Crippen LogP) is 7.10. The third-order valence-corrected chi connectivity index (χ3v) is 9.05. The van der Waals surface area contributed by atoms with Crippen LogP contribution in [-0.2, 0) is 25.6 Å². The zero-order valence-corrected chi connectivity index (χ0v) is 35.4. The molecule has 0 aromatic heterocycles. The van der Waals surface area contributed by atoms with Gasteiger partial charge in [-0.2, -0.15) is 0 Å². The lowest BCUT2D eigenvalue weighted by Gasteiger charge is -2.33. The van der Waals surface area contributed by atoms with Gasteiger partial charge in [0.25, 0.3) is 11.9 Å². The number of benzene rings is 1. The third-order valence-electron chi connectivity index (χ3n) is 9.05. The van der Waals surface area contributed by atoms with Gasteiger partial charge in [0.2, 0.25) is 18.7 Å². The number of amides is 4. The zero-order chi connectivity index (χ0) is 41.2. The molecule has 4 N–H and O–H groups in total. The van der Waals surface area contributed by atoms with E-state index in [1.54, 1.807) is 0 Å². The second kappa shape index (κ2) is 35.3. The summed E-state index contributed by atoms with van der Waals surface area (Å²) in [6, 6.07) is 8.91. The van der Waals surface area contributed by atoms with Crippen molar-refractivity contribution >= 4 is 30.6 Å². The summed E-state index contributed by atoms with van der Waals surface area (Å²) < 4.78 is 0. The van der Waals surface area contributed by atoms with Crippen LogP contribution in [0, 0.1) is 11.8 Å². The SMILES string of the molecule is CC.CC.CC(=O)O.CCC(C)C(CN1CCc2ccccc2C1=O)NC.CCCCC/C=C\C(C)C(C)NC=O.C[C@@H]1CCCN1C(=O)CNC=O. The maximum absolute atomic E-state index is 12.5. The molecule has 5 atom stereocenters. The van der Waals surface area contributed by atoms with Crippen molar-refractivity contribution in [3.8, 4) is 0 Å². The average molecular weight is 748 g/mol. The third kappa shape index (κ3) is 25.0. The van der Waals surface area contributed by atoms with E-state index in [1.165, 1.54) is 24.8 Å². The Balaban J connectivity index is -0.000000657. The summed E-state index contributed by atoms with van der Waals surface area (Å²) in [4.78, 5) is 56.7. The molecular formula is C42H77N5O6. The Bertz CT molecular complexity index is 1130. The van der Waals surface area contributed by atoms with E-state index in [4.69, 9.17) is 9.90 Å². The highest BCUT2D eigenvalue weighted by Gasteiger charge is 2.27. The van der Waals surface area contributed by atoms with Crippen LogP contribution in [0.3, 0.4) is 0 Å². The van der Waals surface area contributed by atoms with Crippen LogP contribution < -0.4 is 16.0 Å². The van der Waals surface area contributed by atoms with Crippen LogP contribution in [0.25, 0.3) is 0 Å². The first-order chi connectivity index (χ1) is 25.4. The smallest absolute Gasteiger partial charge is 0.300 e. The Kier molecular flexibility index (Phi) is 35.7. The first-order valence-electron chi connectivity index (χ1n) is 19.9. The van der Waals surface area contributed by atoms with Crippen LogP contribution in [0.4, 0.5) is 0 Å². The number of nitrogens with zero attached hydrogens (tertiary/aromatic N) is 2. The van der Waals surface area contributed by atoms with Crippen LogP contribution in [-0.4, -0.2) is 96.9 Å². The topological polar surface area (TPSA) is 148 Å². The minimum atomic E-state index is -0.833. The number of carbonyl (C=O) groups excluding carboxylic acids is 4. The van der Waals surface area contributed by atoms with E-state index in [0.29, 0.717) is 30.3 Å². The van der Waals surface area contributed by atoms with E-state index in [0.717, 1.165) is 70.6 Å². The molecule has 1 aromatic rings. The molecule has 1 saturated heterocycles. The lowest BCUT2D eigenvalue weighted by molar-refractivity contribution is -0.134. The highest BCUT2D eigenvalue weighted by atomic mass is 16.4. The van der Waals surface area contributed by atoms with Gasteiger partial charge in [-0.25, -0.2) is 0 Å². The van der Waals surface area contributed by atoms with Gasteiger partial charge in [-0.1, -0.05) is 105 Å². The summed E-state index contributed by atoms with van der Waals surface area (Å²) in [6.45, 7) is 24.5. The minimum Gasteiger partial charge on any atom is -0.481 e. The number of unbranched alkanes of at least 4 members (excludes halogenated alkanes) is 3. The number of likely N-dealkylation sites (tertiary alicyclic amines) is 1. The van der Waals surface area contributed by atoms with Gasteiger partial charge in [-0.3, -0.25) is 24.0 Å². The lowest BCUT2D eigenvalue weighted by Crippen LogP contribution is -2.48. The molecule has 2 aliphatic rings. The van der Waals surface area contributed by atoms with Crippen molar-refractivity contribution in [3.05, 3.63) is 47.5 Å². The molecule has 2 aliphatic heterocycles. The van der Waals surface area contributed by atoms with Gasteiger partial charge in [0.05, 0.1) is 6.54 Å². The molecule has 2 heterocycles. The largest absolute Gasteiger partial charge is 0.481 e. The van der Waals surface area contributed by atoms with Gasteiger partial charge in [-0.05, 0) is 76.5 Å². The number of carbonyl (C=O) groups is 5. The number of allylic oxidation sites excluding steroid dienone is 1. The van der Waals surface area contributed by atoms with Crippen molar-refractivity contribution in [2.45, 2.75) is 146 Å². The van der Waals surface area contributed by atoms with E-state index in [1.807, 2.05) is 76.6 Å². The fraction of sp³-hybridized carbons (Fsp3) is 0.690. The molecule has 1 fully saturated rings. The number of aliphatic carboxylic acids is 1. The standard InChI is InChI=1S/C16H24N2O.C12H23NO.C8H14N2O2.C2H4O2.2C2H6/c1-4-12(2)15(17-3)11-18-10-9-13-7-5-6-8-14(13)16(18)19;1-4-5-6-7-8-9-11(2)12(3)13-10-14;1-7-3-2-4-10(7)8(12)5-9-6-11;1-2(3)4;2*1-2/h5-8,12,15,17H,4,9-11H2,1-3H3;8-12H,4-7H2,1-3H3,(H,13,14);6-7H,2-5H2,1H3,(H,9,11);1H3,(H,3,4);2*1-2H3/b;9-8-;;;;/t;;7-;;;/m..1.../s1. The van der Waals surface area contributed by atoms with Crippen LogP contribution in [0.15, 0.2) is 36.4 Å². The molecule has 3 rings (SSSR count). The van der Waals surface area contributed by atoms with E-state index in [2.05, 4.69) is 61.9 Å². The molecule has 0 aliphatic carbocycles. The Hall–Kier alpha value is -3.73. The molecular weight excluding hydrogens is 670 g/mol. The number of rotatable bonds is 16. The highest BCUT2D eigenvalue weighted by Crippen LogP contribution is 2.20. The van der Waals surface area contributed by atoms with Crippen molar-refractivity contribution < 1.29 is 29.1 Å². The quantitative estimate of drug-likeness (QED) is 0.0801. The summed E-state index contributed by atoms with van der Waals surface area (Å²) >= 11 is 0. The monoisotopic (exact) mass is 748 g/mol. The number of hydrogen-bond acceptors (Lipinski definition) is 6. The molecule has 0 bridgehead atoms. The fourth-order valence-electron chi connectivity index (χ4n) is 5.51. The summed E-state index contributed by atoms with van der Waals surface area (Å²) in [5, 5.41) is 15.9. The Morgan fingerprint density at radius 2 is 1.62 bits per heavy atom. The van der Waals surface area contributed by atoms with Gasteiger partial charge in [0.1, 0.15) is 0 Å². The van der Waals surface area contributed by atoms with Crippen LogP contribution >= 0.6 is 0 Å². The lowest BCUT2D eigenvalue weighted by atomic mass is 9.95. The maximum Gasteiger partial charge on any atom is 0.300 e. The van der Waals surface area contributed by atoms with Crippen molar-refractivity contribution in [2.75, 3.05) is 33.2 Å². The first kappa shape index (κ1) is 53.6. The maximum atomic E-state index is 12.5. The number of carboxylic acid groups (broad SMARTS) is 1. The fourth-order valence-corrected chi connectivity index (χ4v) is 5.51. The average Bonchev–Trinajstić information content (AvgIpc) is 3.61. The van der Waals surface area contributed by atoms with Crippen molar-refractivity contribution in [2.24, 2.45) is 11.8 Å². The second-order valence-corrected chi connectivity index (χ2v) is 12.9. The van der Waals surface area contributed by atoms with Crippen molar-refractivity contribution in [3.63, 3.8) is 0 Å². The highest BCUT2D eigenvalue weighted by molar-refractivity contribution is 5.96. The molecule has 11 nitrogen and oxygen atoms in total. The molecule has 0 spiro atoms. The minimum absolute atomic E-state index is 0.0205. The summed E-state index contributed by atoms with van der Waals surface area (Å²) in [5.41, 5.74) is 2.07. The molecule has 1 aromatic carbocycles. The zero-order valence-electron chi connectivity index (χ0n) is 35.4. The summed E-state index contributed by atoms with van der Waals surface area (Å²) in [5.74, 6) is 0.370. The second-order valence-electron chi connectivity index (χ2n) is 12.9. The van der Waals surface area contributed by atoms with Crippen LogP contribution in [0.2, 0.25) is 0 Å². The van der Waals surface area contributed by atoms with Crippen molar-refractivity contribution in [1.29, 1.82) is 0 Å². The molecule has 306 valence electrons. The Labute approximate surface area is 323 Å². The van der Waals surface area contributed by atoms with E-state index >= 15 is 0 Å². The molecule has 4 unspecified atom stereocenters. The van der Waals surface area contributed by atoms with E-state index in [-0.39, 0.29) is 24.4 Å². The molecule has 53 heavy (non-hydrogen) atoms.